The van der Waals surface area contributed by atoms with Gasteiger partial charge in [-0.3, -0.25) is 9.78 Å². The van der Waals surface area contributed by atoms with E-state index < -0.39 is 12.0 Å². The number of hydrogen-bond acceptors (Lipinski definition) is 8. The SMILES string of the molecule is COC(=O)C1=C(C)N=C2SC=C(CC(=O)NCCc3ccccn3)N2[C@@H]1c1cccc(OC)c1. The van der Waals surface area contributed by atoms with Gasteiger partial charge in [0.15, 0.2) is 5.17 Å². The lowest BCUT2D eigenvalue weighted by Crippen LogP contribution is -2.38. The zero-order chi connectivity index (χ0) is 24.1. The molecule has 8 nitrogen and oxygen atoms in total. The lowest BCUT2D eigenvalue weighted by molar-refractivity contribution is -0.136. The van der Waals surface area contributed by atoms with Crippen LogP contribution in [0, 0.1) is 0 Å². The van der Waals surface area contributed by atoms with Crippen molar-refractivity contribution in [3.8, 4) is 5.75 Å². The third-order valence-corrected chi connectivity index (χ3v) is 6.48. The number of ether oxygens (including phenoxy) is 2. The predicted molar refractivity (Wildman–Crippen MR) is 131 cm³/mol. The fraction of sp³-hybridized carbons (Fsp3) is 0.280. The molecule has 2 aromatic rings. The van der Waals surface area contributed by atoms with Crippen molar-refractivity contribution >= 4 is 28.8 Å². The molecule has 1 aromatic carbocycles. The standard InChI is InChI=1S/C25H26N4O4S/c1-16-22(24(31)33-3)23(17-7-6-9-20(13-17)32-2)29-19(15-34-25(29)28-16)14-21(30)27-12-10-18-8-4-5-11-26-18/h4-9,11,13,15,23H,10,12,14H2,1-3H3,(H,27,30)/t23-/m1/s1. The van der Waals surface area contributed by atoms with Gasteiger partial charge in [-0.2, -0.15) is 0 Å². The molecule has 1 atom stereocenters. The summed E-state index contributed by atoms with van der Waals surface area (Å²) in [6.45, 7) is 2.29. The minimum absolute atomic E-state index is 0.112. The van der Waals surface area contributed by atoms with Crippen molar-refractivity contribution in [1.29, 1.82) is 0 Å². The predicted octanol–water partition coefficient (Wildman–Crippen LogP) is 3.59. The molecule has 1 N–H and O–H groups in total. The first-order chi connectivity index (χ1) is 16.5. The Kier molecular flexibility index (Phi) is 7.32. The molecular formula is C25H26N4O4S. The fourth-order valence-corrected chi connectivity index (χ4v) is 4.93. The number of amidine groups is 1. The third kappa shape index (κ3) is 4.99. The third-order valence-electron chi connectivity index (χ3n) is 5.59. The Hall–Kier alpha value is -3.59. The number of hydrogen-bond donors (Lipinski definition) is 1. The van der Waals surface area contributed by atoms with Gasteiger partial charge in [0.25, 0.3) is 0 Å². The summed E-state index contributed by atoms with van der Waals surface area (Å²) in [7, 11) is 2.95. The maximum Gasteiger partial charge on any atom is 0.338 e. The smallest absolute Gasteiger partial charge is 0.338 e. The molecule has 2 aliphatic rings. The van der Waals surface area contributed by atoms with Crippen molar-refractivity contribution in [2.75, 3.05) is 20.8 Å². The van der Waals surface area contributed by atoms with Crippen molar-refractivity contribution in [3.63, 3.8) is 0 Å². The highest BCUT2D eigenvalue weighted by Gasteiger charge is 2.41. The normalized spacial score (nSPS) is 17.0. The second-order valence-electron chi connectivity index (χ2n) is 7.76. The first-order valence-electron chi connectivity index (χ1n) is 10.8. The zero-order valence-corrected chi connectivity index (χ0v) is 20.1. The van der Waals surface area contributed by atoms with Crippen molar-refractivity contribution in [3.05, 3.63) is 82.3 Å². The number of benzene rings is 1. The van der Waals surface area contributed by atoms with Gasteiger partial charge in [-0.25, -0.2) is 9.79 Å². The summed E-state index contributed by atoms with van der Waals surface area (Å²) in [5, 5.41) is 5.59. The Morgan fingerprint density at radius 3 is 2.76 bits per heavy atom. The summed E-state index contributed by atoms with van der Waals surface area (Å²) in [4.78, 5) is 36.4. The van der Waals surface area contributed by atoms with Crippen molar-refractivity contribution in [2.24, 2.45) is 4.99 Å². The van der Waals surface area contributed by atoms with E-state index in [9.17, 15) is 9.59 Å². The van der Waals surface area contributed by atoms with E-state index in [2.05, 4.69) is 15.3 Å². The van der Waals surface area contributed by atoms with E-state index in [0.717, 1.165) is 17.0 Å². The van der Waals surface area contributed by atoms with Gasteiger partial charge in [0.05, 0.1) is 38.0 Å². The molecule has 2 aliphatic heterocycles. The van der Waals surface area contributed by atoms with Crippen LogP contribution in [0.2, 0.25) is 0 Å². The summed E-state index contributed by atoms with van der Waals surface area (Å²) in [6, 6.07) is 12.8. The average molecular weight is 479 g/mol. The first kappa shape index (κ1) is 23.6. The number of fused-ring (bicyclic) bond motifs is 1. The first-order valence-corrected chi connectivity index (χ1v) is 11.7. The molecule has 0 radical (unpaired) electrons. The molecule has 0 bridgehead atoms. The highest BCUT2D eigenvalue weighted by atomic mass is 32.2. The van der Waals surface area contributed by atoms with Gasteiger partial charge in [0, 0.05) is 30.6 Å². The quantitative estimate of drug-likeness (QED) is 0.580. The monoisotopic (exact) mass is 478 g/mol. The minimum atomic E-state index is -0.488. The summed E-state index contributed by atoms with van der Waals surface area (Å²) in [5.41, 5.74) is 3.55. The van der Waals surface area contributed by atoms with Crippen LogP contribution >= 0.6 is 11.8 Å². The number of nitrogens with one attached hydrogen (secondary N) is 1. The number of aliphatic imine (C=N–C) groups is 1. The number of methoxy groups -OCH3 is 2. The summed E-state index contributed by atoms with van der Waals surface area (Å²) in [5.74, 6) is 0.108. The van der Waals surface area contributed by atoms with Crippen LogP contribution in [0.3, 0.4) is 0 Å². The summed E-state index contributed by atoms with van der Waals surface area (Å²) >= 11 is 1.44. The Labute approximate surface area is 202 Å². The number of rotatable bonds is 8. The zero-order valence-electron chi connectivity index (χ0n) is 19.3. The van der Waals surface area contributed by atoms with Gasteiger partial charge >= 0.3 is 5.97 Å². The lowest BCUT2D eigenvalue weighted by Gasteiger charge is -2.36. The number of thioether (sulfide) groups is 1. The maximum absolute atomic E-state index is 12.8. The van der Waals surface area contributed by atoms with Crippen LogP contribution in [0.1, 0.15) is 30.6 Å². The summed E-state index contributed by atoms with van der Waals surface area (Å²) in [6.07, 6.45) is 2.54. The summed E-state index contributed by atoms with van der Waals surface area (Å²) < 4.78 is 10.5. The van der Waals surface area contributed by atoms with Crippen LogP contribution in [-0.4, -0.2) is 47.7 Å². The van der Waals surface area contributed by atoms with Crippen molar-refractivity contribution in [2.45, 2.75) is 25.8 Å². The number of esters is 1. The molecule has 0 fully saturated rings. The Bertz CT molecular complexity index is 1180. The number of carbonyl (C=O) groups excluding carboxylic acids is 2. The highest BCUT2D eigenvalue weighted by molar-refractivity contribution is 8.16. The van der Waals surface area contributed by atoms with Gasteiger partial charge in [-0.1, -0.05) is 30.0 Å². The molecule has 176 valence electrons. The van der Waals surface area contributed by atoms with Crippen LogP contribution in [0.25, 0.3) is 0 Å². The molecule has 9 heteroatoms. The van der Waals surface area contributed by atoms with E-state index in [-0.39, 0.29) is 12.3 Å². The van der Waals surface area contributed by atoms with E-state index in [4.69, 9.17) is 9.47 Å². The molecular weight excluding hydrogens is 452 g/mol. The number of carbonyl (C=O) groups is 2. The molecule has 0 unspecified atom stereocenters. The Morgan fingerprint density at radius 1 is 1.18 bits per heavy atom. The molecule has 3 heterocycles. The van der Waals surface area contributed by atoms with Crippen LogP contribution in [0.4, 0.5) is 0 Å². The lowest BCUT2D eigenvalue weighted by atomic mass is 9.93. The van der Waals surface area contributed by atoms with E-state index in [0.29, 0.717) is 35.2 Å². The molecule has 1 amide bonds. The largest absolute Gasteiger partial charge is 0.497 e. The Balaban J connectivity index is 1.56. The van der Waals surface area contributed by atoms with Crippen LogP contribution in [0.5, 0.6) is 5.75 Å². The van der Waals surface area contributed by atoms with Gasteiger partial charge in [0.1, 0.15) is 5.75 Å². The van der Waals surface area contributed by atoms with Gasteiger partial charge in [-0.15, -0.1) is 0 Å². The molecule has 0 saturated carbocycles. The molecule has 0 saturated heterocycles. The number of nitrogens with zero attached hydrogens (tertiary/aromatic N) is 3. The van der Waals surface area contributed by atoms with Gasteiger partial charge in [0.2, 0.25) is 5.91 Å². The molecule has 1 aromatic heterocycles. The molecule has 0 aliphatic carbocycles. The van der Waals surface area contributed by atoms with Gasteiger partial charge in [-0.05, 0) is 42.2 Å². The second kappa shape index (κ2) is 10.6. The molecule has 0 spiro atoms. The molecule has 4 rings (SSSR count). The highest BCUT2D eigenvalue weighted by Crippen LogP contribution is 2.45. The van der Waals surface area contributed by atoms with E-state index >= 15 is 0 Å². The Morgan fingerprint density at radius 2 is 2.03 bits per heavy atom. The number of amides is 1. The maximum atomic E-state index is 12.8. The van der Waals surface area contributed by atoms with Crippen molar-refractivity contribution < 1.29 is 19.1 Å². The number of allylic oxidation sites excluding steroid dienone is 1. The second-order valence-corrected chi connectivity index (χ2v) is 8.60. The van der Waals surface area contributed by atoms with Crippen LogP contribution in [0.15, 0.2) is 76.0 Å². The molecule has 34 heavy (non-hydrogen) atoms. The van der Waals surface area contributed by atoms with E-state index in [1.807, 2.05) is 52.8 Å². The fourth-order valence-electron chi connectivity index (χ4n) is 3.97. The van der Waals surface area contributed by atoms with Crippen LogP contribution in [-0.2, 0) is 20.7 Å². The van der Waals surface area contributed by atoms with E-state index in [1.54, 1.807) is 20.2 Å². The minimum Gasteiger partial charge on any atom is -0.497 e. The van der Waals surface area contributed by atoms with Crippen LogP contribution < -0.4 is 10.1 Å². The van der Waals surface area contributed by atoms with Gasteiger partial charge < -0.3 is 19.7 Å². The number of aromatic nitrogens is 1. The number of pyridine rings is 1. The average Bonchev–Trinajstić information content (AvgIpc) is 3.25. The topological polar surface area (TPSA) is 93.1 Å². The van der Waals surface area contributed by atoms with E-state index in [1.165, 1.54) is 18.9 Å². The van der Waals surface area contributed by atoms with Crippen molar-refractivity contribution in [1.82, 2.24) is 15.2 Å².